The topological polar surface area (TPSA) is 86.2 Å². The van der Waals surface area contributed by atoms with Crippen molar-refractivity contribution in [2.75, 3.05) is 0 Å². The molecule has 3 heterocycles. The molecule has 0 unspecified atom stereocenters. The lowest BCUT2D eigenvalue weighted by molar-refractivity contribution is 0.100. The Morgan fingerprint density at radius 3 is 3.06 bits per heavy atom. The molecule has 0 aliphatic carbocycles. The summed E-state index contributed by atoms with van der Waals surface area (Å²) >= 11 is 0. The van der Waals surface area contributed by atoms with E-state index in [1.807, 2.05) is 6.07 Å². The lowest BCUT2D eigenvalue weighted by Gasteiger charge is -1.84. The molecule has 0 bridgehead atoms. The van der Waals surface area contributed by atoms with Gasteiger partial charge in [0.05, 0.1) is 17.9 Å². The summed E-state index contributed by atoms with van der Waals surface area (Å²) in [7, 11) is 0. The Morgan fingerprint density at radius 1 is 1.38 bits per heavy atom. The van der Waals surface area contributed by atoms with Gasteiger partial charge in [-0.3, -0.25) is 9.78 Å². The van der Waals surface area contributed by atoms with Crippen LogP contribution in [0.2, 0.25) is 0 Å². The van der Waals surface area contributed by atoms with E-state index >= 15 is 0 Å². The number of carbonyl (C=O) groups excluding carboxylic acids is 1. The molecule has 3 aromatic heterocycles. The number of hydrogen-bond donors (Lipinski definition) is 1. The van der Waals surface area contributed by atoms with Crippen LogP contribution in [0.25, 0.3) is 16.7 Å². The maximum atomic E-state index is 11.1. The van der Waals surface area contributed by atoms with Crippen LogP contribution in [0, 0.1) is 0 Å². The SMILES string of the molecule is NC(=O)c1cnn2c1nc1cccncc12. The third-order valence-corrected chi connectivity index (χ3v) is 2.35. The molecule has 6 nitrogen and oxygen atoms in total. The van der Waals surface area contributed by atoms with Gasteiger partial charge in [-0.1, -0.05) is 0 Å². The van der Waals surface area contributed by atoms with Gasteiger partial charge in [0, 0.05) is 6.20 Å². The van der Waals surface area contributed by atoms with E-state index in [0.29, 0.717) is 11.2 Å². The predicted octanol–water partition coefficient (Wildman–Crippen LogP) is 0.376. The van der Waals surface area contributed by atoms with Gasteiger partial charge in [0.1, 0.15) is 11.1 Å². The number of aromatic nitrogens is 4. The van der Waals surface area contributed by atoms with E-state index in [4.69, 9.17) is 5.73 Å². The van der Waals surface area contributed by atoms with Crippen molar-refractivity contribution in [2.24, 2.45) is 5.73 Å². The molecule has 0 radical (unpaired) electrons. The highest BCUT2D eigenvalue weighted by Crippen LogP contribution is 2.16. The fraction of sp³-hybridized carbons (Fsp3) is 0. The van der Waals surface area contributed by atoms with Gasteiger partial charge in [-0.05, 0) is 12.1 Å². The van der Waals surface area contributed by atoms with E-state index in [0.717, 1.165) is 11.0 Å². The average molecular weight is 213 g/mol. The van der Waals surface area contributed by atoms with Crippen LogP contribution in [0.15, 0.2) is 30.7 Å². The Kier molecular flexibility index (Phi) is 1.64. The molecule has 0 saturated heterocycles. The van der Waals surface area contributed by atoms with Gasteiger partial charge in [-0.15, -0.1) is 0 Å². The van der Waals surface area contributed by atoms with Crippen LogP contribution in [0.3, 0.4) is 0 Å². The molecular formula is C10H7N5O. The summed E-state index contributed by atoms with van der Waals surface area (Å²) in [5.41, 5.74) is 7.48. The van der Waals surface area contributed by atoms with Gasteiger partial charge in [0.25, 0.3) is 5.91 Å². The van der Waals surface area contributed by atoms with E-state index in [1.54, 1.807) is 23.0 Å². The van der Waals surface area contributed by atoms with Crippen molar-refractivity contribution in [3.8, 4) is 0 Å². The Hall–Kier alpha value is -2.50. The zero-order valence-corrected chi connectivity index (χ0v) is 8.16. The van der Waals surface area contributed by atoms with Gasteiger partial charge >= 0.3 is 0 Å². The molecule has 6 heteroatoms. The maximum Gasteiger partial charge on any atom is 0.254 e. The normalized spacial score (nSPS) is 11.0. The monoisotopic (exact) mass is 213 g/mol. The minimum Gasteiger partial charge on any atom is -0.365 e. The minimum absolute atomic E-state index is 0.318. The molecule has 78 valence electrons. The number of imidazole rings is 1. The van der Waals surface area contributed by atoms with E-state index in [1.165, 1.54) is 6.20 Å². The largest absolute Gasteiger partial charge is 0.365 e. The summed E-state index contributed by atoms with van der Waals surface area (Å²) in [5, 5.41) is 4.07. The van der Waals surface area contributed by atoms with Crippen molar-refractivity contribution in [2.45, 2.75) is 0 Å². The summed E-state index contributed by atoms with van der Waals surface area (Å²) in [6, 6.07) is 3.58. The zero-order valence-electron chi connectivity index (χ0n) is 8.16. The fourth-order valence-corrected chi connectivity index (χ4v) is 1.62. The Bertz CT molecular complexity index is 703. The van der Waals surface area contributed by atoms with Crippen molar-refractivity contribution < 1.29 is 4.79 Å². The molecule has 0 aliphatic rings. The smallest absolute Gasteiger partial charge is 0.254 e. The molecule has 0 fully saturated rings. The molecule has 0 aliphatic heterocycles. The van der Waals surface area contributed by atoms with Crippen molar-refractivity contribution in [1.82, 2.24) is 19.6 Å². The molecule has 16 heavy (non-hydrogen) atoms. The number of nitrogens with two attached hydrogens (primary N) is 1. The van der Waals surface area contributed by atoms with Crippen molar-refractivity contribution >= 4 is 22.6 Å². The van der Waals surface area contributed by atoms with Gasteiger partial charge in [-0.2, -0.15) is 5.10 Å². The Balaban J connectivity index is 2.50. The van der Waals surface area contributed by atoms with E-state index < -0.39 is 5.91 Å². The third kappa shape index (κ3) is 1.07. The first-order chi connectivity index (χ1) is 7.77. The highest BCUT2D eigenvalue weighted by molar-refractivity contribution is 6.00. The van der Waals surface area contributed by atoms with Crippen LogP contribution in [0.5, 0.6) is 0 Å². The Morgan fingerprint density at radius 2 is 2.25 bits per heavy atom. The van der Waals surface area contributed by atoms with Gasteiger partial charge in [0.15, 0.2) is 5.65 Å². The van der Waals surface area contributed by atoms with Gasteiger partial charge < -0.3 is 5.73 Å². The Labute approximate surface area is 89.7 Å². The quantitative estimate of drug-likeness (QED) is 0.633. The molecule has 0 saturated carbocycles. The average Bonchev–Trinajstić information content (AvgIpc) is 2.70. The van der Waals surface area contributed by atoms with Crippen LogP contribution < -0.4 is 5.73 Å². The van der Waals surface area contributed by atoms with Crippen molar-refractivity contribution in [3.05, 3.63) is 36.3 Å². The van der Waals surface area contributed by atoms with Crippen LogP contribution in [-0.4, -0.2) is 25.5 Å². The van der Waals surface area contributed by atoms with Crippen molar-refractivity contribution in [1.29, 1.82) is 0 Å². The van der Waals surface area contributed by atoms with Crippen molar-refractivity contribution in [3.63, 3.8) is 0 Å². The van der Waals surface area contributed by atoms with E-state index in [2.05, 4.69) is 15.1 Å². The molecule has 3 rings (SSSR count). The minimum atomic E-state index is -0.532. The van der Waals surface area contributed by atoms with Crippen LogP contribution >= 0.6 is 0 Å². The summed E-state index contributed by atoms with van der Waals surface area (Å²) in [4.78, 5) is 19.5. The molecule has 0 aromatic carbocycles. The lowest BCUT2D eigenvalue weighted by Crippen LogP contribution is -2.10. The number of primary amides is 1. The summed E-state index contributed by atoms with van der Waals surface area (Å²) in [6.07, 6.45) is 4.72. The van der Waals surface area contributed by atoms with Crippen LogP contribution in [0.4, 0.5) is 0 Å². The predicted molar refractivity (Wildman–Crippen MR) is 56.8 cm³/mol. The molecule has 0 spiro atoms. The number of hydrogen-bond acceptors (Lipinski definition) is 4. The molecule has 2 N–H and O–H groups in total. The molecule has 1 amide bonds. The van der Waals surface area contributed by atoms with Crippen LogP contribution in [0.1, 0.15) is 10.4 Å². The maximum absolute atomic E-state index is 11.1. The summed E-state index contributed by atoms with van der Waals surface area (Å²) < 4.78 is 1.56. The highest BCUT2D eigenvalue weighted by atomic mass is 16.1. The van der Waals surface area contributed by atoms with Gasteiger partial charge in [0.2, 0.25) is 0 Å². The highest BCUT2D eigenvalue weighted by Gasteiger charge is 2.14. The zero-order chi connectivity index (χ0) is 11.1. The lowest BCUT2D eigenvalue weighted by atomic mass is 10.3. The molecule has 3 aromatic rings. The van der Waals surface area contributed by atoms with Gasteiger partial charge in [-0.25, -0.2) is 9.50 Å². The first kappa shape index (κ1) is 8.78. The third-order valence-electron chi connectivity index (χ3n) is 2.35. The van der Waals surface area contributed by atoms with Crippen LogP contribution in [-0.2, 0) is 0 Å². The van der Waals surface area contributed by atoms with E-state index in [-0.39, 0.29) is 0 Å². The summed E-state index contributed by atoms with van der Waals surface area (Å²) in [6.45, 7) is 0. The first-order valence-corrected chi connectivity index (χ1v) is 4.64. The summed E-state index contributed by atoms with van der Waals surface area (Å²) in [5.74, 6) is -0.532. The first-order valence-electron chi connectivity index (χ1n) is 4.64. The molecule has 0 atom stereocenters. The standard InChI is InChI=1S/C10H7N5O/c11-9(16)6-4-13-15-8-5-12-3-1-2-7(8)14-10(6)15/h1-5H,(H2,11,16). The molecular weight excluding hydrogens is 206 g/mol. The number of amides is 1. The second-order valence-electron chi connectivity index (χ2n) is 3.33. The van der Waals surface area contributed by atoms with E-state index in [9.17, 15) is 4.79 Å². The number of fused-ring (bicyclic) bond motifs is 3. The second-order valence-corrected chi connectivity index (χ2v) is 3.33. The number of carbonyl (C=O) groups is 1. The second kappa shape index (κ2) is 2.99. The number of rotatable bonds is 1. The number of nitrogens with zero attached hydrogens (tertiary/aromatic N) is 4. The fourth-order valence-electron chi connectivity index (χ4n) is 1.62.